The fourth-order valence-electron chi connectivity index (χ4n) is 2.84. The van der Waals surface area contributed by atoms with E-state index in [1.165, 1.54) is 0 Å². The highest BCUT2D eigenvalue weighted by Gasteiger charge is 2.20. The van der Waals surface area contributed by atoms with E-state index >= 15 is 0 Å². The van der Waals surface area contributed by atoms with E-state index in [-0.39, 0.29) is 17.2 Å². The lowest BCUT2D eigenvalue weighted by Gasteiger charge is -2.31. The summed E-state index contributed by atoms with van der Waals surface area (Å²) < 4.78 is 0. The van der Waals surface area contributed by atoms with Crippen molar-refractivity contribution in [3.8, 4) is 0 Å². The topological polar surface area (TPSA) is 78.6 Å². The van der Waals surface area contributed by atoms with Crippen molar-refractivity contribution >= 4 is 11.4 Å². The standard InChI is InChI=1S/C15H23N3O3/c1-12-3-2-4-14(18(20)21)15(12)16-11-13-5-7-17(8-6-13)9-10-19/h2-4,13,16,19H,5-11H2,1H3. The van der Waals surface area contributed by atoms with Crippen LogP contribution in [-0.2, 0) is 0 Å². The Hall–Kier alpha value is -1.66. The molecule has 1 aromatic carbocycles. The number of likely N-dealkylation sites (tertiary alicyclic amines) is 1. The number of aliphatic hydroxyl groups is 1. The number of rotatable bonds is 6. The lowest BCUT2D eigenvalue weighted by molar-refractivity contribution is -0.384. The van der Waals surface area contributed by atoms with Gasteiger partial charge in [-0.3, -0.25) is 10.1 Å². The van der Waals surface area contributed by atoms with Crippen LogP contribution in [0.2, 0.25) is 0 Å². The van der Waals surface area contributed by atoms with Crippen molar-refractivity contribution in [2.24, 2.45) is 5.92 Å². The fourth-order valence-corrected chi connectivity index (χ4v) is 2.84. The second-order valence-electron chi connectivity index (χ2n) is 5.62. The molecule has 6 nitrogen and oxygen atoms in total. The molecule has 1 fully saturated rings. The van der Waals surface area contributed by atoms with Crippen molar-refractivity contribution in [1.82, 2.24) is 4.90 Å². The first-order chi connectivity index (χ1) is 10.1. The third kappa shape index (κ3) is 4.15. The minimum atomic E-state index is -0.334. The number of hydrogen-bond acceptors (Lipinski definition) is 5. The zero-order valence-electron chi connectivity index (χ0n) is 12.4. The number of nitro benzene ring substituents is 1. The Balaban J connectivity index is 1.91. The number of para-hydroxylation sites is 1. The number of nitro groups is 1. The van der Waals surface area contributed by atoms with Gasteiger partial charge in [-0.1, -0.05) is 12.1 Å². The summed E-state index contributed by atoms with van der Waals surface area (Å²) in [5.74, 6) is 0.527. The molecule has 2 N–H and O–H groups in total. The zero-order valence-corrected chi connectivity index (χ0v) is 12.4. The molecule has 1 aliphatic rings. The monoisotopic (exact) mass is 293 g/mol. The molecular formula is C15H23N3O3. The van der Waals surface area contributed by atoms with Gasteiger partial charge in [-0.2, -0.15) is 0 Å². The third-order valence-corrected chi connectivity index (χ3v) is 4.14. The Bertz CT molecular complexity index is 485. The molecule has 0 amide bonds. The van der Waals surface area contributed by atoms with E-state index in [0.29, 0.717) is 11.6 Å². The highest BCUT2D eigenvalue weighted by Crippen LogP contribution is 2.28. The first-order valence-corrected chi connectivity index (χ1v) is 7.43. The van der Waals surface area contributed by atoms with Gasteiger partial charge in [0, 0.05) is 19.2 Å². The van der Waals surface area contributed by atoms with E-state index in [0.717, 1.165) is 44.6 Å². The van der Waals surface area contributed by atoms with Crippen LogP contribution in [0.5, 0.6) is 0 Å². The van der Waals surface area contributed by atoms with Crippen LogP contribution in [0.4, 0.5) is 11.4 Å². The van der Waals surface area contributed by atoms with E-state index in [1.807, 2.05) is 13.0 Å². The summed E-state index contributed by atoms with van der Waals surface area (Å²) in [6.07, 6.45) is 2.12. The summed E-state index contributed by atoms with van der Waals surface area (Å²) in [5.41, 5.74) is 1.69. The molecule has 0 spiro atoms. The van der Waals surface area contributed by atoms with E-state index in [4.69, 9.17) is 5.11 Å². The lowest BCUT2D eigenvalue weighted by atomic mass is 9.96. The molecule has 1 heterocycles. The van der Waals surface area contributed by atoms with Gasteiger partial charge in [0.05, 0.1) is 11.5 Å². The van der Waals surface area contributed by atoms with E-state index in [1.54, 1.807) is 12.1 Å². The number of nitrogens with zero attached hydrogens (tertiary/aromatic N) is 2. The second-order valence-corrected chi connectivity index (χ2v) is 5.62. The van der Waals surface area contributed by atoms with Gasteiger partial charge >= 0.3 is 0 Å². The third-order valence-electron chi connectivity index (χ3n) is 4.14. The Morgan fingerprint density at radius 3 is 2.76 bits per heavy atom. The molecule has 0 aliphatic carbocycles. The molecule has 1 aromatic rings. The average Bonchev–Trinajstić information content (AvgIpc) is 2.47. The maximum atomic E-state index is 11.1. The first-order valence-electron chi connectivity index (χ1n) is 7.43. The number of nitrogens with one attached hydrogen (secondary N) is 1. The van der Waals surface area contributed by atoms with Crippen LogP contribution in [0.1, 0.15) is 18.4 Å². The molecule has 6 heteroatoms. The molecule has 1 aliphatic heterocycles. The Kier molecular flexibility index (Phi) is 5.52. The van der Waals surface area contributed by atoms with Gasteiger partial charge in [0.15, 0.2) is 0 Å². The largest absolute Gasteiger partial charge is 0.395 e. The summed E-state index contributed by atoms with van der Waals surface area (Å²) >= 11 is 0. The van der Waals surface area contributed by atoms with E-state index in [9.17, 15) is 10.1 Å². The molecule has 116 valence electrons. The normalized spacial score (nSPS) is 16.9. The number of piperidine rings is 1. The van der Waals surface area contributed by atoms with Crippen LogP contribution in [0.15, 0.2) is 18.2 Å². The fraction of sp³-hybridized carbons (Fsp3) is 0.600. The van der Waals surface area contributed by atoms with Crippen molar-refractivity contribution in [3.63, 3.8) is 0 Å². The van der Waals surface area contributed by atoms with Crippen LogP contribution < -0.4 is 5.32 Å². The molecule has 1 saturated heterocycles. The minimum absolute atomic E-state index is 0.146. The molecule has 0 bridgehead atoms. The predicted molar refractivity (Wildman–Crippen MR) is 82.6 cm³/mol. The number of hydrogen-bond donors (Lipinski definition) is 2. The molecule has 0 saturated carbocycles. The Morgan fingerprint density at radius 2 is 2.14 bits per heavy atom. The van der Waals surface area contributed by atoms with E-state index in [2.05, 4.69) is 10.2 Å². The maximum Gasteiger partial charge on any atom is 0.292 e. The highest BCUT2D eigenvalue weighted by molar-refractivity contribution is 5.65. The number of β-amino-alcohol motifs (C(OH)–C–C–N with tert-alkyl or cyclic N) is 1. The van der Waals surface area contributed by atoms with Gasteiger partial charge in [-0.15, -0.1) is 0 Å². The van der Waals surface area contributed by atoms with Gasteiger partial charge in [0.2, 0.25) is 0 Å². The summed E-state index contributed by atoms with van der Waals surface area (Å²) in [4.78, 5) is 13.0. The van der Waals surface area contributed by atoms with E-state index < -0.39 is 0 Å². The summed E-state index contributed by atoms with van der Waals surface area (Å²) in [7, 11) is 0. The predicted octanol–water partition coefficient (Wildman–Crippen LogP) is 2.02. The van der Waals surface area contributed by atoms with Crippen LogP contribution in [0, 0.1) is 23.0 Å². The first kappa shape index (κ1) is 15.7. The van der Waals surface area contributed by atoms with Gasteiger partial charge in [-0.05, 0) is 44.3 Å². The molecule has 21 heavy (non-hydrogen) atoms. The minimum Gasteiger partial charge on any atom is -0.395 e. The number of benzene rings is 1. The van der Waals surface area contributed by atoms with Crippen molar-refractivity contribution < 1.29 is 10.0 Å². The van der Waals surface area contributed by atoms with Crippen molar-refractivity contribution in [2.75, 3.05) is 38.1 Å². The average molecular weight is 293 g/mol. The molecule has 0 atom stereocenters. The zero-order chi connectivity index (χ0) is 15.2. The molecule has 0 unspecified atom stereocenters. The van der Waals surface area contributed by atoms with Gasteiger partial charge < -0.3 is 15.3 Å². The van der Waals surface area contributed by atoms with Gasteiger partial charge in [0.1, 0.15) is 5.69 Å². The number of aliphatic hydroxyl groups excluding tert-OH is 1. The molecular weight excluding hydrogens is 270 g/mol. The van der Waals surface area contributed by atoms with Crippen LogP contribution in [-0.4, -0.2) is 47.7 Å². The second kappa shape index (κ2) is 7.38. The SMILES string of the molecule is Cc1cccc([N+](=O)[O-])c1NCC1CCN(CCO)CC1. The number of anilines is 1. The van der Waals surface area contributed by atoms with Crippen molar-refractivity contribution in [3.05, 3.63) is 33.9 Å². The quantitative estimate of drug-likeness (QED) is 0.619. The van der Waals surface area contributed by atoms with Crippen molar-refractivity contribution in [2.45, 2.75) is 19.8 Å². The Morgan fingerprint density at radius 1 is 1.43 bits per heavy atom. The summed E-state index contributed by atoms with van der Waals surface area (Å²) in [6.45, 7) is 5.57. The van der Waals surface area contributed by atoms with Crippen LogP contribution >= 0.6 is 0 Å². The number of aryl methyl sites for hydroxylation is 1. The molecule has 0 radical (unpaired) electrons. The van der Waals surface area contributed by atoms with Crippen LogP contribution in [0.25, 0.3) is 0 Å². The van der Waals surface area contributed by atoms with Gasteiger partial charge in [0.25, 0.3) is 5.69 Å². The highest BCUT2D eigenvalue weighted by atomic mass is 16.6. The Labute approximate surface area is 124 Å². The molecule has 0 aromatic heterocycles. The van der Waals surface area contributed by atoms with Crippen LogP contribution in [0.3, 0.4) is 0 Å². The van der Waals surface area contributed by atoms with Gasteiger partial charge in [-0.25, -0.2) is 0 Å². The smallest absolute Gasteiger partial charge is 0.292 e. The molecule has 2 rings (SSSR count). The summed E-state index contributed by atoms with van der Waals surface area (Å²) in [6, 6.07) is 5.14. The van der Waals surface area contributed by atoms with Crippen molar-refractivity contribution in [1.29, 1.82) is 0 Å². The summed E-state index contributed by atoms with van der Waals surface area (Å²) in [5, 5.41) is 23.3. The lowest BCUT2D eigenvalue weighted by Crippen LogP contribution is -2.37. The maximum absolute atomic E-state index is 11.1.